The Bertz CT molecular complexity index is 357. The van der Waals surface area contributed by atoms with Crippen molar-refractivity contribution >= 4 is 23.8 Å². The molecule has 0 aromatic carbocycles. The number of nitrogens with one attached hydrogen (secondary N) is 1. The summed E-state index contributed by atoms with van der Waals surface area (Å²) in [7, 11) is 1.28. The second kappa shape index (κ2) is 7.09. The van der Waals surface area contributed by atoms with Crippen molar-refractivity contribution in [3.05, 3.63) is 0 Å². The predicted octanol–water partition coefficient (Wildman–Crippen LogP) is -2.17. The third-order valence-electron chi connectivity index (χ3n) is 2.01. The predicted molar refractivity (Wildman–Crippen MR) is 60.2 cm³/mol. The Hall–Kier alpha value is -2.32. The minimum Gasteiger partial charge on any atom is -0.480 e. The Morgan fingerprint density at radius 1 is 1.22 bits per heavy atom. The van der Waals surface area contributed by atoms with Gasteiger partial charge in [-0.25, -0.2) is 9.59 Å². The molecule has 4 amide bonds. The number of amides is 4. The van der Waals surface area contributed by atoms with E-state index in [1.54, 1.807) is 0 Å². The zero-order valence-corrected chi connectivity index (χ0v) is 9.88. The van der Waals surface area contributed by atoms with Crippen LogP contribution in [-0.2, 0) is 14.4 Å². The molecule has 6 N–H and O–H groups in total. The van der Waals surface area contributed by atoms with Gasteiger partial charge in [-0.3, -0.25) is 9.59 Å². The highest BCUT2D eigenvalue weighted by Crippen LogP contribution is 1.98. The normalized spacial score (nSPS) is 11.4. The van der Waals surface area contributed by atoms with Crippen LogP contribution in [0.25, 0.3) is 0 Å². The third-order valence-corrected chi connectivity index (χ3v) is 2.01. The molecule has 0 heterocycles. The van der Waals surface area contributed by atoms with Crippen LogP contribution in [-0.4, -0.2) is 53.5 Å². The van der Waals surface area contributed by atoms with Crippen LogP contribution in [0.4, 0.5) is 4.79 Å². The summed E-state index contributed by atoms with van der Waals surface area (Å²) in [5, 5.41) is 11.0. The molecule has 9 nitrogen and oxygen atoms in total. The van der Waals surface area contributed by atoms with E-state index in [2.05, 4.69) is 5.32 Å². The van der Waals surface area contributed by atoms with E-state index in [1.165, 1.54) is 7.05 Å². The maximum absolute atomic E-state index is 11.5. The number of carbonyl (C=O) groups is 4. The molecule has 0 radical (unpaired) electrons. The molecule has 0 fully saturated rings. The van der Waals surface area contributed by atoms with Crippen molar-refractivity contribution in [2.24, 2.45) is 11.5 Å². The van der Waals surface area contributed by atoms with Gasteiger partial charge in [-0.05, 0) is 6.42 Å². The monoisotopic (exact) mass is 260 g/mol. The second-order valence-electron chi connectivity index (χ2n) is 3.67. The van der Waals surface area contributed by atoms with Gasteiger partial charge in [0.1, 0.15) is 12.6 Å². The Labute approximate surface area is 103 Å². The average Bonchev–Trinajstić information content (AvgIpc) is 2.21. The molecule has 0 aromatic rings. The first-order chi connectivity index (χ1) is 8.23. The Kier molecular flexibility index (Phi) is 6.18. The van der Waals surface area contributed by atoms with Crippen molar-refractivity contribution in [2.75, 3.05) is 13.6 Å². The lowest BCUT2D eigenvalue weighted by molar-refractivity contribution is -0.139. The minimum absolute atomic E-state index is 0.124. The fourth-order valence-electron chi connectivity index (χ4n) is 1.11. The summed E-state index contributed by atoms with van der Waals surface area (Å²) in [6.45, 7) is -0.339. The molecule has 0 unspecified atom stereocenters. The lowest BCUT2D eigenvalue weighted by Gasteiger charge is -2.19. The van der Waals surface area contributed by atoms with Gasteiger partial charge in [-0.15, -0.1) is 0 Å². The van der Waals surface area contributed by atoms with E-state index >= 15 is 0 Å². The van der Waals surface area contributed by atoms with Crippen LogP contribution in [0.1, 0.15) is 12.8 Å². The maximum Gasteiger partial charge on any atom is 0.326 e. The Morgan fingerprint density at radius 3 is 2.17 bits per heavy atom. The quantitative estimate of drug-likeness (QED) is 0.410. The van der Waals surface area contributed by atoms with Gasteiger partial charge < -0.3 is 26.8 Å². The number of urea groups is 1. The largest absolute Gasteiger partial charge is 0.480 e. The van der Waals surface area contributed by atoms with E-state index < -0.39 is 29.9 Å². The molecular formula is C9H16N4O5. The molecule has 0 saturated heterocycles. The molecule has 0 aliphatic heterocycles. The number of carbonyl (C=O) groups excluding carboxylic acids is 3. The van der Waals surface area contributed by atoms with E-state index in [0.717, 1.165) is 4.90 Å². The SMILES string of the molecule is CN(CC(N)=O)C(=O)N[C@@H](CCC(N)=O)C(=O)O. The highest BCUT2D eigenvalue weighted by Gasteiger charge is 2.22. The Balaban J connectivity index is 4.40. The summed E-state index contributed by atoms with van der Waals surface area (Å²) in [5.74, 6) is -2.69. The number of aliphatic carboxylic acids is 1. The number of carboxylic acid groups (broad SMARTS) is 1. The number of nitrogens with zero attached hydrogens (tertiary/aromatic N) is 1. The molecule has 0 spiro atoms. The van der Waals surface area contributed by atoms with E-state index in [9.17, 15) is 19.2 Å². The molecule has 0 rings (SSSR count). The molecule has 102 valence electrons. The lowest BCUT2D eigenvalue weighted by atomic mass is 10.1. The van der Waals surface area contributed by atoms with Gasteiger partial charge in [0.05, 0.1) is 0 Å². The lowest BCUT2D eigenvalue weighted by Crippen LogP contribution is -2.48. The zero-order valence-electron chi connectivity index (χ0n) is 9.88. The van der Waals surface area contributed by atoms with Crippen LogP contribution in [0.5, 0.6) is 0 Å². The fraction of sp³-hybridized carbons (Fsp3) is 0.556. The Morgan fingerprint density at radius 2 is 1.78 bits per heavy atom. The third kappa shape index (κ3) is 6.30. The average molecular weight is 260 g/mol. The van der Waals surface area contributed by atoms with Crippen LogP contribution >= 0.6 is 0 Å². The van der Waals surface area contributed by atoms with Crippen LogP contribution in [0, 0.1) is 0 Å². The van der Waals surface area contributed by atoms with Crippen molar-refractivity contribution in [1.29, 1.82) is 0 Å². The van der Waals surface area contributed by atoms with Crippen LogP contribution in [0.3, 0.4) is 0 Å². The number of hydrogen-bond donors (Lipinski definition) is 4. The van der Waals surface area contributed by atoms with Crippen molar-refractivity contribution in [3.63, 3.8) is 0 Å². The van der Waals surface area contributed by atoms with E-state index in [1.807, 2.05) is 0 Å². The number of hydrogen-bond acceptors (Lipinski definition) is 4. The van der Waals surface area contributed by atoms with E-state index in [0.29, 0.717) is 0 Å². The fourth-order valence-corrected chi connectivity index (χ4v) is 1.11. The van der Waals surface area contributed by atoms with Gasteiger partial charge in [0.15, 0.2) is 0 Å². The molecular weight excluding hydrogens is 244 g/mol. The van der Waals surface area contributed by atoms with E-state index in [4.69, 9.17) is 16.6 Å². The topological polar surface area (TPSA) is 156 Å². The summed E-state index contributed by atoms with van der Waals surface area (Å²) in [6.07, 6.45) is -0.294. The minimum atomic E-state index is -1.29. The molecule has 9 heteroatoms. The van der Waals surface area contributed by atoms with Crippen molar-refractivity contribution in [2.45, 2.75) is 18.9 Å². The van der Waals surface area contributed by atoms with Crippen LogP contribution < -0.4 is 16.8 Å². The first-order valence-corrected chi connectivity index (χ1v) is 5.05. The van der Waals surface area contributed by atoms with Crippen molar-refractivity contribution in [1.82, 2.24) is 10.2 Å². The molecule has 0 aliphatic carbocycles. The van der Waals surface area contributed by atoms with Gasteiger partial charge in [-0.2, -0.15) is 0 Å². The van der Waals surface area contributed by atoms with Gasteiger partial charge in [0.2, 0.25) is 11.8 Å². The van der Waals surface area contributed by atoms with Gasteiger partial charge >= 0.3 is 12.0 Å². The number of primary amides is 2. The standard InChI is InChI=1S/C9H16N4O5/c1-13(4-7(11)15)9(18)12-5(8(16)17)2-3-6(10)14/h5H,2-4H2,1H3,(H2,10,14)(H2,11,15)(H,12,18)(H,16,17)/t5-/m0/s1. The summed E-state index contributed by atoms with van der Waals surface area (Å²) in [6, 6.07) is -2.02. The van der Waals surface area contributed by atoms with Gasteiger partial charge in [0.25, 0.3) is 0 Å². The number of nitrogens with two attached hydrogens (primary N) is 2. The highest BCUT2D eigenvalue weighted by atomic mass is 16.4. The summed E-state index contributed by atoms with van der Waals surface area (Å²) in [5.41, 5.74) is 9.76. The van der Waals surface area contributed by atoms with E-state index in [-0.39, 0.29) is 19.4 Å². The van der Waals surface area contributed by atoms with Crippen LogP contribution in [0.15, 0.2) is 0 Å². The summed E-state index contributed by atoms with van der Waals surface area (Å²) < 4.78 is 0. The number of rotatable bonds is 7. The smallest absolute Gasteiger partial charge is 0.326 e. The number of likely N-dealkylation sites (N-methyl/N-ethyl adjacent to an activating group) is 1. The zero-order chi connectivity index (χ0) is 14.3. The molecule has 0 saturated carbocycles. The van der Waals surface area contributed by atoms with Gasteiger partial charge in [0, 0.05) is 13.5 Å². The number of carboxylic acids is 1. The molecule has 0 bridgehead atoms. The molecule has 18 heavy (non-hydrogen) atoms. The summed E-state index contributed by atoms with van der Waals surface area (Å²) >= 11 is 0. The maximum atomic E-state index is 11.5. The summed E-state index contributed by atoms with van der Waals surface area (Å²) in [4.78, 5) is 44.3. The highest BCUT2D eigenvalue weighted by molar-refractivity contribution is 5.86. The first-order valence-electron chi connectivity index (χ1n) is 5.05. The van der Waals surface area contributed by atoms with Crippen molar-refractivity contribution in [3.8, 4) is 0 Å². The van der Waals surface area contributed by atoms with Crippen LogP contribution in [0.2, 0.25) is 0 Å². The molecule has 0 aromatic heterocycles. The second-order valence-corrected chi connectivity index (χ2v) is 3.67. The van der Waals surface area contributed by atoms with Gasteiger partial charge in [-0.1, -0.05) is 0 Å². The molecule has 1 atom stereocenters. The first kappa shape index (κ1) is 15.7. The molecule has 0 aliphatic rings. The van der Waals surface area contributed by atoms with Crippen molar-refractivity contribution < 1.29 is 24.3 Å².